The van der Waals surface area contributed by atoms with Gasteiger partial charge in [-0.1, -0.05) is 24.3 Å². The van der Waals surface area contributed by atoms with Crippen LogP contribution in [0.25, 0.3) is 0 Å². The zero-order valence-corrected chi connectivity index (χ0v) is 17.0. The van der Waals surface area contributed by atoms with Gasteiger partial charge in [-0.2, -0.15) is 0 Å². The number of methoxy groups -OCH3 is 2. The molecule has 0 radical (unpaired) electrons. The van der Waals surface area contributed by atoms with Crippen molar-refractivity contribution in [2.75, 3.05) is 26.1 Å². The molecule has 4 amide bonds. The monoisotopic (exact) mass is 411 g/mol. The highest BCUT2D eigenvalue weighted by Gasteiger charge is 2.37. The fourth-order valence-electron chi connectivity index (χ4n) is 3.28. The molecule has 1 saturated heterocycles. The molecule has 0 aromatic heterocycles. The molecule has 8 heteroatoms. The van der Waals surface area contributed by atoms with Gasteiger partial charge in [0, 0.05) is 18.7 Å². The highest BCUT2D eigenvalue weighted by molar-refractivity contribution is 6.04. The van der Waals surface area contributed by atoms with Gasteiger partial charge in [-0.15, -0.1) is 0 Å². The minimum atomic E-state index is -0.690. The number of anilines is 1. The van der Waals surface area contributed by atoms with Crippen LogP contribution < -0.4 is 20.1 Å². The maximum Gasteiger partial charge on any atom is 0.324 e. The van der Waals surface area contributed by atoms with E-state index in [4.69, 9.17) is 9.47 Å². The fourth-order valence-corrected chi connectivity index (χ4v) is 3.28. The summed E-state index contributed by atoms with van der Waals surface area (Å²) < 4.78 is 10.5. The molecule has 1 aliphatic rings. The van der Waals surface area contributed by atoms with E-state index in [9.17, 15) is 14.4 Å². The summed E-state index contributed by atoms with van der Waals surface area (Å²) in [7, 11) is 3.11. The van der Waals surface area contributed by atoms with Crippen LogP contribution in [0.4, 0.5) is 10.5 Å². The number of benzene rings is 2. The molecule has 0 spiro atoms. The number of carbonyl (C=O) groups excluding carboxylic acids is 3. The third-order valence-electron chi connectivity index (χ3n) is 4.90. The van der Waals surface area contributed by atoms with Gasteiger partial charge in [-0.25, -0.2) is 4.79 Å². The van der Waals surface area contributed by atoms with E-state index in [0.29, 0.717) is 23.6 Å². The predicted molar refractivity (Wildman–Crippen MR) is 112 cm³/mol. The van der Waals surface area contributed by atoms with E-state index in [-0.39, 0.29) is 31.2 Å². The molecule has 1 heterocycles. The van der Waals surface area contributed by atoms with Crippen molar-refractivity contribution in [1.29, 1.82) is 0 Å². The predicted octanol–water partition coefficient (Wildman–Crippen LogP) is 2.59. The SMILES string of the molecule is COc1ccc(CCN2C(=O)N[C@@H](CCC(=O)Nc3ccccc3)C2=O)cc1OC. The third-order valence-corrected chi connectivity index (χ3v) is 4.90. The minimum absolute atomic E-state index is 0.134. The van der Waals surface area contributed by atoms with Crippen molar-refractivity contribution in [2.45, 2.75) is 25.3 Å². The summed E-state index contributed by atoms with van der Waals surface area (Å²) in [6.07, 6.45) is 0.867. The average molecular weight is 411 g/mol. The summed E-state index contributed by atoms with van der Waals surface area (Å²) in [6, 6.07) is 13.4. The maximum absolute atomic E-state index is 12.6. The standard InChI is InChI=1S/C22H25N3O5/c1-29-18-10-8-15(14-19(18)30-2)12-13-25-21(27)17(24-22(25)28)9-11-20(26)23-16-6-4-3-5-7-16/h3-8,10,14,17H,9,11-13H2,1-2H3,(H,23,26)(H,24,28)/t17-/m0/s1. The Labute approximate surface area is 175 Å². The molecule has 1 atom stereocenters. The lowest BCUT2D eigenvalue weighted by Crippen LogP contribution is -2.33. The van der Waals surface area contributed by atoms with E-state index in [1.165, 1.54) is 4.90 Å². The van der Waals surface area contributed by atoms with Crippen LogP contribution in [0.1, 0.15) is 18.4 Å². The number of para-hydroxylation sites is 1. The molecule has 3 rings (SSSR count). The fraction of sp³-hybridized carbons (Fsp3) is 0.318. The summed E-state index contributed by atoms with van der Waals surface area (Å²) in [5, 5.41) is 5.43. The van der Waals surface area contributed by atoms with Crippen molar-refractivity contribution in [3.8, 4) is 11.5 Å². The first-order valence-corrected chi connectivity index (χ1v) is 9.69. The Balaban J connectivity index is 1.51. The molecular formula is C22H25N3O5. The molecule has 0 unspecified atom stereocenters. The molecule has 30 heavy (non-hydrogen) atoms. The number of hydrogen-bond acceptors (Lipinski definition) is 5. The first-order chi connectivity index (χ1) is 14.5. The van der Waals surface area contributed by atoms with Gasteiger partial charge in [-0.05, 0) is 42.7 Å². The number of nitrogens with one attached hydrogen (secondary N) is 2. The Morgan fingerprint density at radius 1 is 1.07 bits per heavy atom. The lowest BCUT2D eigenvalue weighted by atomic mass is 10.1. The molecule has 1 fully saturated rings. The Bertz CT molecular complexity index is 916. The van der Waals surface area contributed by atoms with Gasteiger partial charge in [0.2, 0.25) is 5.91 Å². The van der Waals surface area contributed by atoms with Gasteiger partial charge in [0.1, 0.15) is 6.04 Å². The number of ether oxygens (including phenoxy) is 2. The molecule has 2 N–H and O–H groups in total. The zero-order valence-electron chi connectivity index (χ0n) is 17.0. The van der Waals surface area contributed by atoms with Gasteiger partial charge in [0.05, 0.1) is 14.2 Å². The van der Waals surface area contributed by atoms with Crippen LogP contribution in [0.2, 0.25) is 0 Å². The summed E-state index contributed by atoms with van der Waals surface area (Å²) >= 11 is 0. The summed E-state index contributed by atoms with van der Waals surface area (Å²) in [6.45, 7) is 0.243. The van der Waals surface area contributed by atoms with E-state index in [1.54, 1.807) is 32.4 Å². The van der Waals surface area contributed by atoms with E-state index in [2.05, 4.69) is 10.6 Å². The topological polar surface area (TPSA) is 97.0 Å². The second-order valence-electron chi connectivity index (χ2n) is 6.88. The first kappa shape index (κ1) is 21.2. The third kappa shape index (κ3) is 5.08. The Kier molecular flexibility index (Phi) is 6.90. The van der Waals surface area contributed by atoms with E-state index >= 15 is 0 Å². The van der Waals surface area contributed by atoms with Gasteiger partial charge in [-0.3, -0.25) is 14.5 Å². The van der Waals surface area contributed by atoms with Crippen molar-refractivity contribution in [3.63, 3.8) is 0 Å². The molecule has 1 aliphatic heterocycles. The smallest absolute Gasteiger partial charge is 0.324 e. The Morgan fingerprint density at radius 2 is 1.80 bits per heavy atom. The molecule has 158 valence electrons. The lowest BCUT2D eigenvalue weighted by molar-refractivity contribution is -0.127. The van der Waals surface area contributed by atoms with Crippen molar-refractivity contribution in [2.24, 2.45) is 0 Å². The number of urea groups is 1. The quantitative estimate of drug-likeness (QED) is 0.618. The van der Waals surface area contributed by atoms with Crippen LogP contribution >= 0.6 is 0 Å². The van der Waals surface area contributed by atoms with Crippen molar-refractivity contribution < 1.29 is 23.9 Å². The number of nitrogens with zero attached hydrogens (tertiary/aromatic N) is 1. The van der Waals surface area contributed by atoms with Crippen LogP contribution in [-0.4, -0.2) is 49.6 Å². The van der Waals surface area contributed by atoms with Crippen LogP contribution in [0, 0.1) is 0 Å². The van der Waals surface area contributed by atoms with E-state index < -0.39 is 12.1 Å². The first-order valence-electron chi connectivity index (χ1n) is 9.69. The lowest BCUT2D eigenvalue weighted by Gasteiger charge is -2.14. The molecule has 2 aromatic carbocycles. The summed E-state index contributed by atoms with van der Waals surface area (Å²) in [5.41, 5.74) is 1.61. The molecule has 8 nitrogen and oxygen atoms in total. The van der Waals surface area contributed by atoms with Gasteiger partial charge in [0.15, 0.2) is 11.5 Å². The van der Waals surface area contributed by atoms with Gasteiger partial charge >= 0.3 is 6.03 Å². The van der Waals surface area contributed by atoms with E-state index in [0.717, 1.165) is 5.56 Å². The normalized spacial score (nSPS) is 15.7. The largest absolute Gasteiger partial charge is 0.493 e. The van der Waals surface area contributed by atoms with Gasteiger partial charge < -0.3 is 20.1 Å². The Morgan fingerprint density at radius 3 is 2.50 bits per heavy atom. The second kappa shape index (κ2) is 9.78. The van der Waals surface area contributed by atoms with Gasteiger partial charge in [0.25, 0.3) is 5.91 Å². The van der Waals surface area contributed by atoms with E-state index in [1.807, 2.05) is 30.3 Å². The second-order valence-corrected chi connectivity index (χ2v) is 6.88. The Hall–Kier alpha value is -3.55. The van der Waals surface area contributed by atoms with Crippen molar-refractivity contribution in [1.82, 2.24) is 10.2 Å². The van der Waals surface area contributed by atoms with Crippen LogP contribution in [-0.2, 0) is 16.0 Å². The zero-order chi connectivity index (χ0) is 21.5. The van der Waals surface area contributed by atoms with Crippen LogP contribution in [0.5, 0.6) is 11.5 Å². The summed E-state index contributed by atoms with van der Waals surface area (Å²) in [5.74, 6) is 0.694. The minimum Gasteiger partial charge on any atom is -0.493 e. The number of carbonyl (C=O) groups is 3. The molecule has 2 aromatic rings. The highest BCUT2D eigenvalue weighted by Crippen LogP contribution is 2.28. The number of amides is 4. The van der Waals surface area contributed by atoms with Crippen LogP contribution in [0.15, 0.2) is 48.5 Å². The molecule has 0 saturated carbocycles. The van der Waals surface area contributed by atoms with Crippen molar-refractivity contribution in [3.05, 3.63) is 54.1 Å². The highest BCUT2D eigenvalue weighted by atomic mass is 16.5. The average Bonchev–Trinajstić information content (AvgIpc) is 3.03. The number of hydrogen-bond donors (Lipinski definition) is 2. The summed E-state index contributed by atoms with van der Waals surface area (Å²) in [4.78, 5) is 38.1. The number of imide groups is 1. The maximum atomic E-state index is 12.6. The molecular weight excluding hydrogens is 386 g/mol. The molecule has 0 aliphatic carbocycles. The molecule has 0 bridgehead atoms. The van der Waals surface area contributed by atoms with Crippen molar-refractivity contribution >= 4 is 23.5 Å². The van der Waals surface area contributed by atoms with Crippen LogP contribution in [0.3, 0.4) is 0 Å². The number of rotatable bonds is 9.